The van der Waals surface area contributed by atoms with E-state index in [-0.39, 0.29) is 31.9 Å². The molecule has 3 aliphatic rings. The number of hydrazine groups is 1. The van der Waals surface area contributed by atoms with E-state index in [9.17, 15) is 9.59 Å². The van der Waals surface area contributed by atoms with Gasteiger partial charge in [-0.15, -0.1) is 0 Å². The predicted octanol–water partition coefficient (Wildman–Crippen LogP) is 5.21. The monoisotopic (exact) mass is 618 g/mol. The van der Waals surface area contributed by atoms with Gasteiger partial charge in [-0.25, -0.2) is 0 Å². The lowest BCUT2D eigenvalue weighted by molar-refractivity contribution is -0.163. The highest BCUT2D eigenvalue weighted by Crippen LogP contribution is 2.82. The summed E-state index contributed by atoms with van der Waals surface area (Å²) >= 11 is 22.9. The molecule has 0 saturated heterocycles. The molecule has 0 aliphatic heterocycles. The van der Waals surface area contributed by atoms with E-state index in [2.05, 4.69) is 72.5 Å². The van der Waals surface area contributed by atoms with Gasteiger partial charge in [0.2, 0.25) is 5.91 Å². The van der Waals surface area contributed by atoms with Crippen molar-refractivity contribution < 1.29 is 14.3 Å². The lowest BCUT2D eigenvalue weighted by Crippen LogP contribution is -2.73. The first kappa shape index (κ1) is 22.7. The lowest BCUT2D eigenvalue weighted by Gasteiger charge is -2.66. The number of nitrogens with one attached hydrogen (secondary N) is 2. The average Bonchev–Trinajstić information content (AvgIpc) is 3.08. The second kappa shape index (κ2) is 7.91. The molecule has 5 nitrogen and oxygen atoms in total. The van der Waals surface area contributed by atoms with Gasteiger partial charge >= 0.3 is 0 Å². The van der Waals surface area contributed by atoms with E-state index in [1.807, 2.05) is 0 Å². The number of ether oxygens (including phenoxy) is 1. The Kier molecular flexibility index (Phi) is 6.40. The van der Waals surface area contributed by atoms with Gasteiger partial charge in [0.25, 0.3) is 5.91 Å². The van der Waals surface area contributed by atoms with Crippen LogP contribution in [-0.2, 0) is 9.59 Å². The number of rotatable bonds is 5. The van der Waals surface area contributed by atoms with E-state index in [1.54, 1.807) is 12.1 Å². The van der Waals surface area contributed by atoms with Crippen LogP contribution in [-0.4, -0.2) is 27.0 Å². The first-order valence-electron chi connectivity index (χ1n) is 8.60. The molecule has 10 heteroatoms. The quantitative estimate of drug-likeness (QED) is 0.351. The molecule has 3 aliphatic carbocycles. The highest BCUT2D eigenvalue weighted by Gasteiger charge is 2.83. The molecule has 3 unspecified atom stereocenters. The van der Waals surface area contributed by atoms with E-state index in [0.717, 1.165) is 12.8 Å². The fraction of sp³-hybridized carbons (Fsp3) is 0.556. The van der Waals surface area contributed by atoms with Gasteiger partial charge in [0.1, 0.15) is 5.75 Å². The van der Waals surface area contributed by atoms with Crippen molar-refractivity contribution in [2.75, 3.05) is 6.61 Å². The molecule has 0 heterocycles. The highest BCUT2D eigenvalue weighted by molar-refractivity contribution is 9.24. The maximum absolute atomic E-state index is 13.0. The van der Waals surface area contributed by atoms with Crippen molar-refractivity contribution >= 4 is 82.8 Å². The predicted molar refractivity (Wildman–Crippen MR) is 120 cm³/mol. The Morgan fingerprint density at radius 2 is 1.93 bits per heavy atom. The summed E-state index contributed by atoms with van der Waals surface area (Å²) in [5, 5.41) is 0.783. The number of halogens is 5. The molecule has 0 spiro atoms. The molecule has 154 valence electrons. The zero-order valence-electron chi connectivity index (χ0n) is 15.1. The third-order valence-corrected chi connectivity index (χ3v) is 10.2. The number of carbonyl (C=O) groups excluding carboxylic acids is 2. The number of benzene rings is 1. The van der Waals surface area contributed by atoms with E-state index < -0.39 is 11.3 Å². The zero-order valence-corrected chi connectivity index (χ0v) is 21.4. The van der Waals surface area contributed by atoms with Crippen molar-refractivity contribution in [1.29, 1.82) is 0 Å². The summed E-state index contributed by atoms with van der Waals surface area (Å²) < 4.78 is 5.47. The summed E-state index contributed by atoms with van der Waals surface area (Å²) in [6.45, 7) is 3.91. The van der Waals surface area contributed by atoms with Gasteiger partial charge in [0.05, 0.1) is 14.2 Å². The first-order valence-corrected chi connectivity index (χ1v) is 12.1. The molecule has 0 radical (unpaired) electrons. The number of hydrogen-bond donors (Lipinski definition) is 2. The summed E-state index contributed by atoms with van der Waals surface area (Å²) in [6, 6.07) is 4.72. The van der Waals surface area contributed by atoms with E-state index in [0.29, 0.717) is 15.8 Å². The van der Waals surface area contributed by atoms with Crippen LogP contribution in [0.5, 0.6) is 5.75 Å². The van der Waals surface area contributed by atoms with Crippen molar-refractivity contribution in [3.8, 4) is 5.75 Å². The molecule has 4 rings (SSSR count). The fourth-order valence-electron chi connectivity index (χ4n) is 4.71. The Bertz CT molecular complexity index is 823. The third-order valence-electron chi connectivity index (χ3n) is 6.46. The van der Waals surface area contributed by atoms with Crippen LogP contribution in [0.25, 0.3) is 0 Å². The number of amides is 2. The molecule has 2 N–H and O–H groups in total. The van der Waals surface area contributed by atoms with Gasteiger partial charge in [0, 0.05) is 15.3 Å². The lowest BCUT2D eigenvalue weighted by atomic mass is 9.43. The van der Waals surface area contributed by atoms with Crippen LogP contribution in [0.15, 0.2) is 18.2 Å². The molecule has 1 aromatic carbocycles. The maximum Gasteiger partial charge on any atom is 0.276 e. The molecule has 3 saturated carbocycles. The summed E-state index contributed by atoms with van der Waals surface area (Å²) in [5.41, 5.74) is 4.07. The molecular formula is C18H19Br3Cl2N2O3. The summed E-state index contributed by atoms with van der Waals surface area (Å²) in [6.07, 6.45) is 1.64. The summed E-state index contributed by atoms with van der Waals surface area (Å²) in [4.78, 5) is 25.1. The number of hydrogen-bond acceptors (Lipinski definition) is 3. The van der Waals surface area contributed by atoms with E-state index in [1.165, 1.54) is 6.07 Å². The van der Waals surface area contributed by atoms with Crippen LogP contribution in [0.3, 0.4) is 0 Å². The van der Waals surface area contributed by atoms with Crippen LogP contribution < -0.4 is 15.6 Å². The van der Waals surface area contributed by atoms with Crippen LogP contribution in [0, 0.1) is 16.2 Å². The first-order chi connectivity index (χ1) is 13.0. The van der Waals surface area contributed by atoms with Crippen molar-refractivity contribution in [1.82, 2.24) is 10.9 Å². The van der Waals surface area contributed by atoms with Crippen molar-refractivity contribution in [3.05, 3.63) is 28.2 Å². The Labute approximate surface area is 199 Å². The zero-order chi connectivity index (χ0) is 20.9. The van der Waals surface area contributed by atoms with E-state index in [4.69, 9.17) is 27.9 Å². The smallest absolute Gasteiger partial charge is 0.276 e. The van der Waals surface area contributed by atoms with Crippen LogP contribution in [0.4, 0.5) is 0 Å². The van der Waals surface area contributed by atoms with Gasteiger partial charge in [-0.1, -0.05) is 84.8 Å². The third kappa shape index (κ3) is 3.13. The largest absolute Gasteiger partial charge is 0.482 e. The molecule has 2 amide bonds. The Morgan fingerprint density at radius 3 is 2.46 bits per heavy atom. The minimum atomic E-state index is -0.597. The van der Waals surface area contributed by atoms with Crippen molar-refractivity contribution in [2.24, 2.45) is 16.2 Å². The molecule has 3 fully saturated rings. The minimum Gasteiger partial charge on any atom is -0.482 e. The second-order valence-electron chi connectivity index (χ2n) is 7.67. The van der Waals surface area contributed by atoms with Gasteiger partial charge in [-0.2, -0.15) is 0 Å². The van der Waals surface area contributed by atoms with Gasteiger partial charge in [0.15, 0.2) is 6.61 Å². The Morgan fingerprint density at radius 1 is 1.25 bits per heavy atom. The van der Waals surface area contributed by atoms with Crippen molar-refractivity contribution in [2.45, 2.75) is 35.3 Å². The standard InChI is InChI=1S/C18H19Br3Cl2N2O3/c1-16(2)17(14(20)21)5-6-18(16,13(17)19)15(27)25-24-12(26)8-28-11-4-3-9(22)7-10(11)23/h3-4,7,13-14H,5-6,8H2,1-2H3,(H,24,26)(H,25,27). The van der Waals surface area contributed by atoms with E-state index >= 15 is 0 Å². The molecule has 3 atom stereocenters. The fourth-order valence-corrected chi connectivity index (χ4v) is 10.1. The molecule has 2 bridgehead atoms. The van der Waals surface area contributed by atoms with Crippen LogP contribution in [0.1, 0.15) is 26.7 Å². The van der Waals surface area contributed by atoms with Crippen molar-refractivity contribution in [3.63, 3.8) is 0 Å². The Balaban J connectivity index is 1.58. The van der Waals surface area contributed by atoms with Gasteiger partial charge in [-0.05, 0) is 36.5 Å². The SMILES string of the molecule is CC1(C)C2(C(=O)NNC(=O)COc3ccc(Cl)cc3Cl)CCC1(C(Br)Br)C2Br. The minimum absolute atomic E-state index is 0.00715. The molecule has 28 heavy (non-hydrogen) atoms. The number of fused-ring (bicyclic) bond motifs is 1. The topological polar surface area (TPSA) is 67.4 Å². The summed E-state index contributed by atoms with van der Waals surface area (Å²) in [5.74, 6) is -0.346. The summed E-state index contributed by atoms with van der Waals surface area (Å²) in [7, 11) is 0. The Hall–Kier alpha value is -0.0200. The average molecular weight is 622 g/mol. The molecule has 1 aromatic rings. The van der Waals surface area contributed by atoms with Crippen LogP contribution in [0.2, 0.25) is 10.0 Å². The van der Waals surface area contributed by atoms with Crippen LogP contribution >= 0.6 is 71.0 Å². The van der Waals surface area contributed by atoms with Gasteiger partial charge in [-0.3, -0.25) is 20.4 Å². The molecule has 0 aromatic heterocycles. The number of carbonyl (C=O) groups is 2. The normalized spacial score (nSPS) is 29.9. The van der Waals surface area contributed by atoms with Gasteiger partial charge < -0.3 is 4.74 Å². The maximum atomic E-state index is 13.0. The molecular weight excluding hydrogens is 603 g/mol. The number of alkyl halides is 3. The second-order valence-corrected chi connectivity index (χ2v) is 12.5. The highest BCUT2D eigenvalue weighted by atomic mass is 79.9.